The zero-order valence-electron chi connectivity index (χ0n) is 15.8. The third kappa shape index (κ3) is 3.17. The number of carbonyl (C=O) groups excluding carboxylic acids is 1. The van der Waals surface area contributed by atoms with Gasteiger partial charge in [-0.05, 0) is 34.6 Å². The van der Waals surface area contributed by atoms with Crippen molar-refractivity contribution in [3.05, 3.63) is 23.8 Å². The Kier molecular flexibility index (Phi) is 4.26. The first-order valence-corrected chi connectivity index (χ1v) is 8.57. The Morgan fingerprint density at radius 2 is 2.12 bits per heavy atom. The zero-order valence-corrected chi connectivity index (χ0v) is 15.8. The van der Waals surface area contributed by atoms with Crippen LogP contribution in [0.15, 0.2) is 12.4 Å². The second-order valence-corrected chi connectivity index (χ2v) is 7.88. The Morgan fingerprint density at radius 1 is 1.42 bits per heavy atom. The van der Waals surface area contributed by atoms with Crippen molar-refractivity contribution in [2.24, 2.45) is 0 Å². The Labute approximate surface area is 152 Å². The van der Waals surface area contributed by atoms with Gasteiger partial charge in [0.1, 0.15) is 11.1 Å². The highest BCUT2D eigenvalue weighted by Gasteiger charge is 2.48. The molecule has 1 aliphatic rings. The number of nitrogens with zero attached hydrogens (tertiary/aromatic N) is 5. The maximum atomic E-state index is 12.2. The smallest absolute Gasteiger partial charge is 0.410 e. The van der Waals surface area contributed by atoms with Crippen LogP contribution in [0.3, 0.4) is 0 Å². The van der Waals surface area contributed by atoms with Crippen molar-refractivity contribution in [3.8, 4) is 17.2 Å². The van der Waals surface area contributed by atoms with Gasteiger partial charge in [-0.15, -0.1) is 0 Å². The molecule has 0 unspecified atom stereocenters. The molecule has 0 radical (unpaired) electrons. The fraction of sp³-hybridized carbons (Fsp3) is 0.556. The highest BCUT2D eigenvalue weighted by Crippen LogP contribution is 2.35. The van der Waals surface area contributed by atoms with Gasteiger partial charge in [-0.2, -0.15) is 15.5 Å². The summed E-state index contributed by atoms with van der Waals surface area (Å²) >= 11 is 0. The number of carbonyl (C=O) groups is 1. The lowest BCUT2D eigenvalue weighted by Crippen LogP contribution is -2.64. The van der Waals surface area contributed by atoms with Crippen molar-refractivity contribution >= 4 is 6.09 Å². The number of hydrogen-bond donors (Lipinski definition) is 1. The van der Waals surface area contributed by atoms with Gasteiger partial charge in [0.05, 0.1) is 37.5 Å². The topological polar surface area (TPSA) is 99.8 Å². The predicted molar refractivity (Wildman–Crippen MR) is 95.3 cm³/mol. The summed E-state index contributed by atoms with van der Waals surface area (Å²) in [4.78, 5) is 13.8. The summed E-state index contributed by atoms with van der Waals surface area (Å²) in [5.41, 5.74) is 2.78. The molecule has 2 aromatic heterocycles. The van der Waals surface area contributed by atoms with Gasteiger partial charge in [-0.1, -0.05) is 0 Å². The van der Waals surface area contributed by atoms with Crippen LogP contribution in [-0.4, -0.2) is 49.7 Å². The zero-order chi connectivity index (χ0) is 19.1. The molecule has 0 bridgehead atoms. The van der Waals surface area contributed by atoms with E-state index in [1.54, 1.807) is 15.8 Å². The van der Waals surface area contributed by atoms with Gasteiger partial charge in [0.15, 0.2) is 0 Å². The number of aromatic nitrogens is 4. The molecule has 8 heteroatoms. The van der Waals surface area contributed by atoms with Crippen molar-refractivity contribution in [2.75, 3.05) is 13.1 Å². The van der Waals surface area contributed by atoms with E-state index in [0.717, 1.165) is 22.5 Å². The van der Waals surface area contributed by atoms with Gasteiger partial charge >= 0.3 is 6.09 Å². The average Bonchev–Trinajstić information content (AvgIpc) is 3.07. The molecular weight excluding hydrogens is 332 g/mol. The number of aromatic amines is 1. The molecular formula is C18H24N6O2. The van der Waals surface area contributed by atoms with Crippen LogP contribution in [0.25, 0.3) is 11.1 Å². The first-order chi connectivity index (χ1) is 12.1. The Morgan fingerprint density at radius 3 is 2.65 bits per heavy atom. The summed E-state index contributed by atoms with van der Waals surface area (Å²) < 4.78 is 7.21. The van der Waals surface area contributed by atoms with Crippen molar-refractivity contribution in [1.29, 1.82) is 5.26 Å². The van der Waals surface area contributed by atoms with E-state index in [2.05, 4.69) is 21.4 Å². The molecule has 0 aromatic carbocycles. The van der Waals surface area contributed by atoms with Gasteiger partial charge in [0.2, 0.25) is 0 Å². The van der Waals surface area contributed by atoms with E-state index in [1.165, 1.54) is 0 Å². The molecule has 1 N–H and O–H groups in total. The van der Waals surface area contributed by atoms with Gasteiger partial charge in [0, 0.05) is 23.0 Å². The Hall–Kier alpha value is -2.82. The summed E-state index contributed by atoms with van der Waals surface area (Å²) in [6, 6.07) is 2.23. The first kappa shape index (κ1) is 18.0. The molecule has 3 rings (SSSR count). The normalized spacial score (nSPS) is 16.1. The van der Waals surface area contributed by atoms with Gasteiger partial charge in [-0.25, -0.2) is 4.79 Å². The van der Waals surface area contributed by atoms with Crippen LogP contribution in [0.2, 0.25) is 0 Å². The predicted octanol–water partition coefficient (Wildman–Crippen LogP) is 2.75. The molecule has 138 valence electrons. The maximum absolute atomic E-state index is 12.2. The van der Waals surface area contributed by atoms with Crippen LogP contribution in [0.4, 0.5) is 4.79 Å². The van der Waals surface area contributed by atoms with E-state index in [0.29, 0.717) is 13.1 Å². The maximum Gasteiger partial charge on any atom is 0.410 e. The first-order valence-electron chi connectivity index (χ1n) is 8.57. The number of hydrogen-bond acceptors (Lipinski definition) is 5. The molecule has 3 heterocycles. The highest BCUT2D eigenvalue weighted by molar-refractivity contribution is 5.70. The summed E-state index contributed by atoms with van der Waals surface area (Å²) in [5.74, 6) is 0. The lowest BCUT2D eigenvalue weighted by atomic mass is 9.87. The SMILES string of the molecule is Cc1n[nH]c(C)c1-c1cnn(C2(CC#N)CN(C(=O)OC(C)(C)C)C2)c1. The van der Waals surface area contributed by atoms with Crippen LogP contribution < -0.4 is 0 Å². The number of amides is 1. The van der Waals surface area contributed by atoms with Gasteiger partial charge in [0.25, 0.3) is 0 Å². The molecule has 1 fully saturated rings. The van der Waals surface area contributed by atoms with Crippen LogP contribution in [0, 0.1) is 25.2 Å². The van der Waals surface area contributed by atoms with Crippen molar-refractivity contribution in [1.82, 2.24) is 24.9 Å². The van der Waals surface area contributed by atoms with Crippen LogP contribution >= 0.6 is 0 Å². The number of H-pyrrole nitrogens is 1. The van der Waals surface area contributed by atoms with Gasteiger partial charge < -0.3 is 9.64 Å². The number of nitrogens with one attached hydrogen (secondary N) is 1. The quantitative estimate of drug-likeness (QED) is 0.911. The molecule has 26 heavy (non-hydrogen) atoms. The van der Waals surface area contributed by atoms with Crippen molar-refractivity contribution < 1.29 is 9.53 Å². The average molecular weight is 356 g/mol. The molecule has 0 aliphatic carbocycles. The molecule has 2 aromatic rings. The van der Waals surface area contributed by atoms with E-state index >= 15 is 0 Å². The van der Waals surface area contributed by atoms with E-state index < -0.39 is 11.1 Å². The summed E-state index contributed by atoms with van der Waals surface area (Å²) in [6.45, 7) is 10.2. The largest absolute Gasteiger partial charge is 0.444 e. The lowest BCUT2D eigenvalue weighted by molar-refractivity contribution is -0.0314. The number of aryl methyl sites for hydroxylation is 2. The molecule has 0 saturated carbocycles. The van der Waals surface area contributed by atoms with Gasteiger partial charge in [-0.3, -0.25) is 9.78 Å². The monoisotopic (exact) mass is 356 g/mol. The van der Waals surface area contributed by atoms with E-state index in [9.17, 15) is 10.1 Å². The minimum Gasteiger partial charge on any atom is -0.444 e. The van der Waals surface area contributed by atoms with Crippen molar-refractivity contribution in [3.63, 3.8) is 0 Å². The summed E-state index contributed by atoms with van der Waals surface area (Å²) in [5, 5.41) is 20.9. The molecule has 1 amide bonds. The highest BCUT2D eigenvalue weighted by atomic mass is 16.6. The lowest BCUT2D eigenvalue weighted by Gasteiger charge is -2.48. The Balaban J connectivity index is 1.81. The standard InChI is InChI=1S/C18H24N6O2/c1-12-15(13(2)22-21-12)14-8-20-24(9-14)18(6-7-19)10-23(11-18)16(25)26-17(3,4)5/h8-9H,6,10-11H2,1-5H3,(H,21,22). The minimum absolute atomic E-state index is 0.275. The molecule has 8 nitrogen and oxygen atoms in total. The molecule has 0 spiro atoms. The van der Waals surface area contributed by atoms with E-state index in [4.69, 9.17) is 4.74 Å². The number of rotatable bonds is 3. The molecule has 1 aliphatic heterocycles. The van der Waals surface area contributed by atoms with Crippen LogP contribution in [0.1, 0.15) is 38.6 Å². The number of ether oxygens (including phenoxy) is 1. The number of nitriles is 1. The summed E-state index contributed by atoms with van der Waals surface area (Å²) in [7, 11) is 0. The Bertz CT molecular complexity index is 842. The third-order valence-corrected chi connectivity index (χ3v) is 4.52. The fourth-order valence-electron chi connectivity index (χ4n) is 3.29. The third-order valence-electron chi connectivity index (χ3n) is 4.52. The van der Waals surface area contributed by atoms with Crippen LogP contribution in [-0.2, 0) is 10.3 Å². The van der Waals surface area contributed by atoms with Crippen molar-refractivity contribution in [2.45, 2.75) is 52.2 Å². The second kappa shape index (κ2) is 6.16. The van der Waals surface area contributed by atoms with Crippen LogP contribution in [0.5, 0.6) is 0 Å². The molecule has 1 saturated heterocycles. The molecule has 0 atom stereocenters. The summed E-state index contributed by atoms with van der Waals surface area (Å²) in [6.07, 6.45) is 3.62. The van der Waals surface area contributed by atoms with E-state index in [-0.39, 0.29) is 12.5 Å². The second-order valence-electron chi connectivity index (χ2n) is 7.88. The minimum atomic E-state index is -0.542. The van der Waals surface area contributed by atoms with E-state index in [1.807, 2.05) is 40.8 Å². The fourth-order valence-corrected chi connectivity index (χ4v) is 3.29. The number of likely N-dealkylation sites (tertiary alicyclic amines) is 1.